The van der Waals surface area contributed by atoms with Crippen molar-refractivity contribution < 1.29 is 9.53 Å². The van der Waals surface area contributed by atoms with Crippen molar-refractivity contribution in [1.82, 2.24) is 14.6 Å². The number of aromatic nitrogens is 3. The average molecular weight is 338 g/mol. The monoisotopic (exact) mass is 337 g/mol. The molecule has 0 aliphatic carbocycles. The molecule has 96 valence electrons. The van der Waals surface area contributed by atoms with Crippen molar-refractivity contribution in [3.8, 4) is 10.6 Å². The van der Waals surface area contributed by atoms with Crippen LogP contribution in [0.1, 0.15) is 9.67 Å². The van der Waals surface area contributed by atoms with Crippen molar-refractivity contribution >= 4 is 38.8 Å². The number of nitrogens with zero attached hydrogens (tertiary/aromatic N) is 3. The summed E-state index contributed by atoms with van der Waals surface area (Å²) in [4.78, 5) is 16.1. The Morgan fingerprint density at radius 3 is 3.11 bits per heavy atom. The lowest BCUT2D eigenvalue weighted by molar-refractivity contribution is 0.0606. The van der Waals surface area contributed by atoms with Crippen LogP contribution < -0.4 is 0 Å². The summed E-state index contributed by atoms with van der Waals surface area (Å²) in [6.45, 7) is 0. The number of fused-ring (bicyclic) bond motifs is 1. The van der Waals surface area contributed by atoms with Gasteiger partial charge in [-0.1, -0.05) is 0 Å². The second-order valence-corrected chi connectivity index (χ2v) is 5.64. The van der Waals surface area contributed by atoms with Gasteiger partial charge in [0.1, 0.15) is 9.88 Å². The Labute approximate surface area is 121 Å². The molecule has 0 aliphatic heterocycles. The molecule has 5 nitrogen and oxygen atoms in total. The van der Waals surface area contributed by atoms with Gasteiger partial charge in [0.2, 0.25) is 0 Å². The van der Waals surface area contributed by atoms with E-state index in [2.05, 4.69) is 30.7 Å². The number of carbonyl (C=O) groups excluding carboxylic acids is 1. The molecule has 0 atom stereocenters. The smallest absolute Gasteiger partial charge is 0.349 e. The summed E-state index contributed by atoms with van der Waals surface area (Å²) in [6.07, 6.45) is 5.12. The Morgan fingerprint density at radius 1 is 1.47 bits per heavy atom. The molecule has 0 saturated carbocycles. The van der Waals surface area contributed by atoms with Crippen LogP contribution in [0.2, 0.25) is 0 Å². The van der Waals surface area contributed by atoms with Crippen molar-refractivity contribution in [1.29, 1.82) is 0 Å². The molecule has 0 aliphatic rings. The highest BCUT2D eigenvalue weighted by molar-refractivity contribution is 9.10. The SMILES string of the molecule is COC(=O)c1cnc(-c2ccn3ncc(Br)c3c2)s1. The summed E-state index contributed by atoms with van der Waals surface area (Å²) in [6, 6.07) is 3.88. The molecule has 0 radical (unpaired) electrons. The quantitative estimate of drug-likeness (QED) is 0.674. The molecule has 0 unspecified atom stereocenters. The minimum atomic E-state index is -0.365. The molecule has 0 spiro atoms. The Kier molecular flexibility index (Phi) is 3.08. The number of esters is 1. The van der Waals surface area contributed by atoms with Gasteiger partial charge in [-0.25, -0.2) is 14.3 Å². The highest BCUT2D eigenvalue weighted by atomic mass is 79.9. The molecule has 0 saturated heterocycles. The standard InChI is InChI=1S/C12H8BrN3O2S/c1-18-12(17)10-6-14-11(19-10)7-2-3-16-9(4-7)8(13)5-15-16/h2-6H,1H3. The summed E-state index contributed by atoms with van der Waals surface area (Å²) in [5.41, 5.74) is 1.89. The molecule has 0 fully saturated rings. The highest BCUT2D eigenvalue weighted by Gasteiger charge is 2.12. The van der Waals surface area contributed by atoms with Gasteiger partial charge in [0.15, 0.2) is 0 Å². The summed E-state index contributed by atoms with van der Waals surface area (Å²) in [5, 5.41) is 4.95. The van der Waals surface area contributed by atoms with E-state index in [1.54, 1.807) is 10.7 Å². The van der Waals surface area contributed by atoms with E-state index in [0.717, 1.165) is 20.6 Å². The fourth-order valence-corrected chi connectivity index (χ4v) is 2.90. The van der Waals surface area contributed by atoms with Crippen LogP contribution in [-0.4, -0.2) is 27.7 Å². The van der Waals surface area contributed by atoms with Gasteiger partial charge < -0.3 is 4.74 Å². The van der Waals surface area contributed by atoms with Crippen molar-refractivity contribution in [2.45, 2.75) is 0 Å². The molecule has 3 aromatic rings. The Hall–Kier alpha value is -1.73. The summed E-state index contributed by atoms with van der Waals surface area (Å²) in [7, 11) is 1.36. The number of hydrogen-bond donors (Lipinski definition) is 0. The highest BCUT2D eigenvalue weighted by Crippen LogP contribution is 2.28. The maximum atomic E-state index is 11.4. The van der Waals surface area contributed by atoms with Crippen LogP contribution >= 0.6 is 27.3 Å². The van der Waals surface area contributed by atoms with Crippen LogP contribution in [0.5, 0.6) is 0 Å². The molecular weight excluding hydrogens is 330 g/mol. The van der Waals surface area contributed by atoms with Crippen LogP contribution in [0, 0.1) is 0 Å². The van der Waals surface area contributed by atoms with Crippen molar-refractivity contribution in [3.63, 3.8) is 0 Å². The minimum Gasteiger partial charge on any atom is -0.465 e. The summed E-state index contributed by atoms with van der Waals surface area (Å²) < 4.78 is 7.35. The van der Waals surface area contributed by atoms with E-state index in [1.165, 1.54) is 24.6 Å². The second-order valence-electron chi connectivity index (χ2n) is 3.76. The first-order valence-electron chi connectivity index (χ1n) is 5.36. The van der Waals surface area contributed by atoms with Crippen molar-refractivity contribution in [2.75, 3.05) is 7.11 Å². The van der Waals surface area contributed by atoms with Gasteiger partial charge in [-0.3, -0.25) is 0 Å². The summed E-state index contributed by atoms with van der Waals surface area (Å²) >= 11 is 4.74. The third kappa shape index (κ3) is 2.15. The number of pyridine rings is 1. The van der Waals surface area contributed by atoms with E-state index >= 15 is 0 Å². The van der Waals surface area contributed by atoms with E-state index in [4.69, 9.17) is 0 Å². The third-order valence-corrected chi connectivity index (χ3v) is 4.25. The molecule has 19 heavy (non-hydrogen) atoms. The first kappa shape index (κ1) is 12.3. The zero-order valence-electron chi connectivity index (χ0n) is 9.83. The maximum absolute atomic E-state index is 11.4. The van der Waals surface area contributed by atoms with Crippen LogP contribution in [0.3, 0.4) is 0 Å². The van der Waals surface area contributed by atoms with Crippen molar-refractivity contribution in [2.24, 2.45) is 0 Å². The predicted molar refractivity (Wildman–Crippen MR) is 75.3 cm³/mol. The molecule has 0 amide bonds. The molecule has 0 bridgehead atoms. The largest absolute Gasteiger partial charge is 0.465 e. The molecule has 3 rings (SSSR count). The number of halogens is 1. The van der Waals surface area contributed by atoms with Crippen molar-refractivity contribution in [3.05, 3.63) is 40.1 Å². The van der Waals surface area contributed by atoms with E-state index in [9.17, 15) is 4.79 Å². The van der Waals surface area contributed by atoms with Gasteiger partial charge in [0, 0.05) is 11.8 Å². The van der Waals surface area contributed by atoms with Gasteiger partial charge in [0.25, 0.3) is 0 Å². The van der Waals surface area contributed by atoms with Gasteiger partial charge >= 0.3 is 5.97 Å². The van der Waals surface area contributed by atoms with Crippen LogP contribution in [0.15, 0.2) is 35.2 Å². The third-order valence-electron chi connectivity index (χ3n) is 2.61. The fourth-order valence-electron chi connectivity index (χ4n) is 1.69. The topological polar surface area (TPSA) is 56.5 Å². The lowest BCUT2D eigenvalue weighted by Crippen LogP contribution is -1.96. The number of hydrogen-bond acceptors (Lipinski definition) is 5. The fraction of sp³-hybridized carbons (Fsp3) is 0.0833. The van der Waals surface area contributed by atoms with Gasteiger partial charge in [-0.05, 0) is 28.1 Å². The summed E-state index contributed by atoms with van der Waals surface area (Å²) in [5.74, 6) is -0.365. The molecule has 0 aromatic carbocycles. The molecule has 3 aromatic heterocycles. The predicted octanol–water partition coefficient (Wildman–Crippen LogP) is 3.01. The van der Waals surface area contributed by atoms with E-state index in [-0.39, 0.29) is 5.97 Å². The first-order valence-corrected chi connectivity index (χ1v) is 6.97. The lowest BCUT2D eigenvalue weighted by Gasteiger charge is -1.98. The minimum absolute atomic E-state index is 0.365. The number of rotatable bonds is 2. The number of ether oxygens (including phenoxy) is 1. The normalized spacial score (nSPS) is 10.8. The average Bonchev–Trinajstić information content (AvgIpc) is 3.05. The zero-order valence-corrected chi connectivity index (χ0v) is 12.2. The molecular formula is C12H8BrN3O2S. The van der Waals surface area contributed by atoms with E-state index < -0.39 is 0 Å². The number of methoxy groups -OCH3 is 1. The van der Waals surface area contributed by atoms with Gasteiger partial charge in [-0.2, -0.15) is 5.10 Å². The Balaban J connectivity index is 2.06. The number of carbonyl (C=O) groups is 1. The van der Waals surface area contributed by atoms with Crippen LogP contribution in [0.25, 0.3) is 16.1 Å². The van der Waals surface area contributed by atoms with Gasteiger partial charge in [-0.15, -0.1) is 11.3 Å². The zero-order chi connectivity index (χ0) is 13.4. The maximum Gasteiger partial charge on any atom is 0.349 e. The molecule has 0 N–H and O–H groups in total. The lowest BCUT2D eigenvalue weighted by atomic mass is 10.2. The van der Waals surface area contributed by atoms with Crippen LogP contribution in [-0.2, 0) is 4.74 Å². The number of thiazole rings is 1. The van der Waals surface area contributed by atoms with E-state index in [1.807, 2.05) is 18.3 Å². The Bertz CT molecular complexity index is 765. The van der Waals surface area contributed by atoms with E-state index in [0.29, 0.717) is 4.88 Å². The van der Waals surface area contributed by atoms with Gasteiger partial charge in [0.05, 0.1) is 29.5 Å². The Morgan fingerprint density at radius 2 is 2.32 bits per heavy atom. The first-order chi connectivity index (χ1) is 9.19. The van der Waals surface area contributed by atoms with Crippen LogP contribution in [0.4, 0.5) is 0 Å². The molecule has 7 heteroatoms. The second kappa shape index (κ2) is 4.75. The molecule has 3 heterocycles.